The first-order valence-corrected chi connectivity index (χ1v) is 11.9. The van der Waals surface area contributed by atoms with E-state index < -0.39 is 24.0 Å². The number of amides is 2. The summed E-state index contributed by atoms with van der Waals surface area (Å²) in [6, 6.07) is 15.1. The van der Waals surface area contributed by atoms with E-state index in [0.29, 0.717) is 19.4 Å². The lowest BCUT2D eigenvalue weighted by Crippen LogP contribution is -2.54. The highest BCUT2D eigenvalue weighted by molar-refractivity contribution is 5.86. The zero-order valence-corrected chi connectivity index (χ0v) is 20.0. The van der Waals surface area contributed by atoms with Crippen LogP contribution in [0.2, 0.25) is 0 Å². The van der Waals surface area contributed by atoms with Gasteiger partial charge in [0.2, 0.25) is 5.91 Å². The summed E-state index contributed by atoms with van der Waals surface area (Å²) < 4.78 is 5.62. The fourth-order valence-electron chi connectivity index (χ4n) is 5.11. The molecule has 1 aliphatic carbocycles. The Morgan fingerprint density at radius 3 is 2.31 bits per heavy atom. The summed E-state index contributed by atoms with van der Waals surface area (Å²) in [5.41, 5.74) is 4.51. The number of aliphatic carboxylic acids is 1. The molecule has 182 valence electrons. The normalized spacial score (nSPS) is 19.5. The highest BCUT2D eigenvalue weighted by Crippen LogP contribution is 2.44. The van der Waals surface area contributed by atoms with E-state index in [2.05, 4.69) is 29.3 Å². The molecule has 0 radical (unpaired) electrons. The molecule has 0 bridgehead atoms. The highest BCUT2D eigenvalue weighted by atomic mass is 16.5. The van der Waals surface area contributed by atoms with Crippen molar-refractivity contribution < 1.29 is 24.2 Å². The summed E-state index contributed by atoms with van der Waals surface area (Å²) in [5.74, 6) is 4.01. The molecule has 0 spiro atoms. The van der Waals surface area contributed by atoms with Gasteiger partial charge in [0.15, 0.2) is 0 Å². The van der Waals surface area contributed by atoms with Crippen molar-refractivity contribution in [2.24, 2.45) is 5.92 Å². The highest BCUT2D eigenvalue weighted by Gasteiger charge is 2.36. The third kappa shape index (κ3) is 5.17. The van der Waals surface area contributed by atoms with Crippen molar-refractivity contribution in [1.29, 1.82) is 0 Å². The molecule has 1 heterocycles. The Labute approximate surface area is 205 Å². The number of alkyl carbamates (subject to hydrolysis) is 1. The SMILES string of the molecule is CC#CCC(NC(=O)OCC1c2ccccc2-c2ccccc21)C(=O)N1CC[C@H](C(=O)O)C[C@@H]1C. The van der Waals surface area contributed by atoms with E-state index in [1.807, 2.05) is 43.3 Å². The molecule has 1 unspecified atom stereocenters. The first-order chi connectivity index (χ1) is 16.9. The van der Waals surface area contributed by atoms with Crippen LogP contribution in [0.1, 0.15) is 50.2 Å². The largest absolute Gasteiger partial charge is 0.481 e. The number of benzene rings is 2. The lowest BCUT2D eigenvalue weighted by molar-refractivity contribution is -0.148. The number of fused-ring (bicyclic) bond motifs is 3. The first-order valence-electron chi connectivity index (χ1n) is 11.9. The van der Waals surface area contributed by atoms with E-state index in [9.17, 15) is 19.5 Å². The lowest BCUT2D eigenvalue weighted by Gasteiger charge is -2.38. The number of nitrogens with zero attached hydrogens (tertiary/aromatic N) is 1. The summed E-state index contributed by atoms with van der Waals surface area (Å²) >= 11 is 0. The fraction of sp³-hybridized carbons (Fsp3) is 0.393. The molecule has 7 heteroatoms. The van der Waals surface area contributed by atoms with Gasteiger partial charge in [0.1, 0.15) is 12.6 Å². The van der Waals surface area contributed by atoms with E-state index in [1.165, 1.54) is 0 Å². The molecule has 2 aromatic carbocycles. The van der Waals surface area contributed by atoms with Crippen LogP contribution >= 0.6 is 0 Å². The number of piperidine rings is 1. The third-order valence-corrected chi connectivity index (χ3v) is 6.93. The minimum Gasteiger partial charge on any atom is -0.481 e. The molecule has 1 aliphatic heterocycles. The predicted molar refractivity (Wildman–Crippen MR) is 132 cm³/mol. The summed E-state index contributed by atoms with van der Waals surface area (Å²) in [5, 5.41) is 12.0. The van der Waals surface area contributed by atoms with Crippen molar-refractivity contribution in [3.05, 3.63) is 59.7 Å². The molecule has 0 aromatic heterocycles. The molecule has 35 heavy (non-hydrogen) atoms. The number of hydrogen-bond acceptors (Lipinski definition) is 4. The first kappa shape index (κ1) is 24.3. The number of rotatable bonds is 6. The van der Waals surface area contributed by atoms with Crippen LogP contribution in [-0.4, -0.2) is 53.2 Å². The number of ether oxygens (including phenoxy) is 1. The average Bonchev–Trinajstić information content (AvgIpc) is 3.18. The van der Waals surface area contributed by atoms with E-state index in [0.717, 1.165) is 22.3 Å². The van der Waals surface area contributed by atoms with Crippen molar-refractivity contribution in [1.82, 2.24) is 10.2 Å². The molecule has 0 saturated carbocycles. The summed E-state index contributed by atoms with van der Waals surface area (Å²) in [6.45, 7) is 4.00. The molecule has 4 rings (SSSR count). The topological polar surface area (TPSA) is 95.9 Å². The van der Waals surface area contributed by atoms with E-state index in [4.69, 9.17) is 4.74 Å². The van der Waals surface area contributed by atoms with Gasteiger partial charge in [0.05, 0.1) is 5.92 Å². The van der Waals surface area contributed by atoms with Crippen LogP contribution in [0.5, 0.6) is 0 Å². The van der Waals surface area contributed by atoms with Crippen molar-refractivity contribution in [2.75, 3.05) is 13.2 Å². The lowest BCUT2D eigenvalue weighted by atomic mass is 9.91. The van der Waals surface area contributed by atoms with Crippen LogP contribution in [0.25, 0.3) is 11.1 Å². The molecule has 2 amide bonds. The van der Waals surface area contributed by atoms with Crippen LogP contribution in [-0.2, 0) is 14.3 Å². The fourth-order valence-corrected chi connectivity index (χ4v) is 5.11. The zero-order valence-electron chi connectivity index (χ0n) is 20.0. The molecule has 7 nitrogen and oxygen atoms in total. The van der Waals surface area contributed by atoms with Crippen LogP contribution < -0.4 is 5.32 Å². The van der Waals surface area contributed by atoms with Crippen molar-refractivity contribution in [2.45, 2.75) is 51.1 Å². The van der Waals surface area contributed by atoms with Crippen LogP contribution in [0.15, 0.2) is 48.5 Å². The average molecular weight is 475 g/mol. The maximum atomic E-state index is 13.3. The van der Waals surface area contributed by atoms with Crippen molar-refractivity contribution >= 4 is 18.0 Å². The number of nitrogens with one attached hydrogen (secondary N) is 1. The van der Waals surface area contributed by atoms with Gasteiger partial charge in [-0.15, -0.1) is 11.8 Å². The number of carbonyl (C=O) groups excluding carboxylic acids is 2. The smallest absolute Gasteiger partial charge is 0.407 e. The second kappa shape index (κ2) is 10.6. The van der Waals surface area contributed by atoms with Gasteiger partial charge in [-0.3, -0.25) is 9.59 Å². The van der Waals surface area contributed by atoms with Gasteiger partial charge < -0.3 is 20.1 Å². The molecule has 3 atom stereocenters. The molecule has 2 aromatic rings. The standard InChI is InChI=1S/C28H30N2O5/c1-3-4-13-25(26(31)30-15-14-19(27(32)33)16-18(30)2)29-28(34)35-17-24-22-11-7-5-9-20(22)21-10-6-8-12-23(21)24/h5-12,18-19,24-25H,13-17H2,1-2H3,(H,29,34)(H,32,33)/t18-,19-,25?/m0/s1. The Morgan fingerprint density at radius 1 is 1.11 bits per heavy atom. The maximum Gasteiger partial charge on any atom is 0.407 e. The number of carboxylic acid groups (broad SMARTS) is 1. The Morgan fingerprint density at radius 2 is 1.74 bits per heavy atom. The summed E-state index contributed by atoms with van der Waals surface area (Å²) in [4.78, 5) is 39.0. The molecule has 1 fully saturated rings. The Balaban J connectivity index is 1.42. The number of carbonyl (C=O) groups is 3. The van der Waals surface area contributed by atoms with Gasteiger partial charge in [-0.2, -0.15) is 0 Å². The van der Waals surface area contributed by atoms with Gasteiger partial charge in [-0.05, 0) is 48.9 Å². The zero-order chi connectivity index (χ0) is 24.9. The minimum absolute atomic E-state index is 0.0761. The predicted octanol–water partition coefficient (Wildman–Crippen LogP) is 4.02. The second-order valence-electron chi connectivity index (χ2n) is 9.09. The maximum absolute atomic E-state index is 13.3. The number of carboxylic acids is 1. The van der Waals surface area contributed by atoms with Gasteiger partial charge in [0, 0.05) is 24.9 Å². The Hall–Kier alpha value is -3.79. The number of likely N-dealkylation sites (tertiary alicyclic amines) is 1. The summed E-state index contributed by atoms with van der Waals surface area (Å²) in [6.07, 6.45) is 0.266. The third-order valence-electron chi connectivity index (χ3n) is 6.93. The van der Waals surface area contributed by atoms with Crippen LogP contribution in [0, 0.1) is 17.8 Å². The molecular weight excluding hydrogens is 444 g/mol. The van der Waals surface area contributed by atoms with Gasteiger partial charge in [-0.1, -0.05) is 48.5 Å². The van der Waals surface area contributed by atoms with Crippen molar-refractivity contribution in [3.63, 3.8) is 0 Å². The molecule has 2 aliphatic rings. The molecule has 1 saturated heterocycles. The second-order valence-corrected chi connectivity index (χ2v) is 9.09. The minimum atomic E-state index is -0.859. The quantitative estimate of drug-likeness (QED) is 0.617. The molecular formula is C28H30N2O5. The number of hydrogen-bond donors (Lipinski definition) is 2. The monoisotopic (exact) mass is 474 g/mol. The Bertz CT molecular complexity index is 1140. The van der Waals surface area contributed by atoms with Gasteiger partial charge >= 0.3 is 12.1 Å². The van der Waals surface area contributed by atoms with Gasteiger partial charge in [0.25, 0.3) is 0 Å². The molecule has 2 N–H and O–H groups in total. The van der Waals surface area contributed by atoms with Gasteiger partial charge in [-0.25, -0.2) is 4.79 Å². The Kier molecular flexibility index (Phi) is 7.40. The van der Waals surface area contributed by atoms with Crippen LogP contribution in [0.3, 0.4) is 0 Å². The van der Waals surface area contributed by atoms with E-state index in [-0.39, 0.29) is 30.9 Å². The van der Waals surface area contributed by atoms with Crippen LogP contribution in [0.4, 0.5) is 4.79 Å². The summed E-state index contributed by atoms with van der Waals surface area (Å²) in [7, 11) is 0. The van der Waals surface area contributed by atoms with Crippen molar-refractivity contribution in [3.8, 4) is 23.0 Å². The van der Waals surface area contributed by atoms with E-state index >= 15 is 0 Å². The van der Waals surface area contributed by atoms with E-state index in [1.54, 1.807) is 11.8 Å².